The highest BCUT2D eigenvalue weighted by Gasteiger charge is 2.28. The van der Waals surface area contributed by atoms with Gasteiger partial charge in [-0.25, -0.2) is 0 Å². The molecule has 0 aliphatic carbocycles. The Labute approximate surface area is 128 Å². The topological polar surface area (TPSA) is 101 Å². The average molecular weight is 304 g/mol. The molecular formula is C15H20N4O3. The molecule has 1 aromatic rings. The molecule has 118 valence electrons. The number of hydrogen-bond acceptors (Lipinski definition) is 4. The van der Waals surface area contributed by atoms with E-state index in [1.165, 1.54) is 0 Å². The molecule has 0 spiro atoms. The zero-order valence-electron chi connectivity index (χ0n) is 12.4. The molecule has 0 saturated carbocycles. The molecule has 0 radical (unpaired) electrons. The Bertz CT molecular complexity index is 608. The summed E-state index contributed by atoms with van der Waals surface area (Å²) < 4.78 is 5.26. The van der Waals surface area contributed by atoms with E-state index in [-0.39, 0.29) is 17.5 Å². The lowest BCUT2D eigenvalue weighted by Crippen LogP contribution is -2.40. The number of aromatic nitrogens is 2. The molecule has 2 aliphatic rings. The number of aromatic amines is 1. The minimum absolute atomic E-state index is 0.0547. The molecule has 3 heterocycles. The molecule has 7 nitrogen and oxygen atoms in total. The summed E-state index contributed by atoms with van der Waals surface area (Å²) in [7, 11) is 0. The summed E-state index contributed by atoms with van der Waals surface area (Å²) >= 11 is 0. The number of H-pyrrole nitrogens is 1. The number of amides is 2. The predicted molar refractivity (Wildman–Crippen MR) is 78.9 cm³/mol. The molecule has 1 atom stereocenters. The lowest BCUT2D eigenvalue weighted by molar-refractivity contribution is -0.128. The summed E-state index contributed by atoms with van der Waals surface area (Å²) in [6.07, 6.45) is 5.14. The van der Waals surface area contributed by atoms with E-state index >= 15 is 0 Å². The normalized spacial score (nSPS) is 21.9. The molecule has 22 heavy (non-hydrogen) atoms. The summed E-state index contributed by atoms with van der Waals surface area (Å²) in [5, 5.41) is 6.78. The molecule has 3 rings (SSSR count). The SMILES string of the molecule is NC(=O)c1cc([C@H]2CCCN(C(=O)C3=COCCC3)C2)[nH]n1. The van der Waals surface area contributed by atoms with Crippen LogP contribution in [-0.4, -0.2) is 46.6 Å². The first-order valence-electron chi connectivity index (χ1n) is 7.60. The lowest BCUT2D eigenvalue weighted by Gasteiger charge is -2.33. The van der Waals surface area contributed by atoms with Crippen molar-refractivity contribution < 1.29 is 14.3 Å². The highest BCUT2D eigenvalue weighted by molar-refractivity contribution is 5.93. The van der Waals surface area contributed by atoms with Crippen LogP contribution in [0.25, 0.3) is 0 Å². The van der Waals surface area contributed by atoms with Crippen LogP contribution in [0.1, 0.15) is 47.8 Å². The summed E-state index contributed by atoms with van der Waals surface area (Å²) in [4.78, 5) is 25.5. The molecular weight excluding hydrogens is 284 g/mol. The maximum absolute atomic E-state index is 12.5. The van der Waals surface area contributed by atoms with Crippen LogP contribution in [0.3, 0.4) is 0 Å². The number of hydrogen-bond donors (Lipinski definition) is 2. The van der Waals surface area contributed by atoms with Gasteiger partial charge in [0.25, 0.3) is 11.8 Å². The zero-order chi connectivity index (χ0) is 15.5. The van der Waals surface area contributed by atoms with Gasteiger partial charge in [-0.05, 0) is 31.7 Å². The molecule has 0 aromatic carbocycles. The van der Waals surface area contributed by atoms with Crippen molar-refractivity contribution in [2.45, 2.75) is 31.6 Å². The number of rotatable bonds is 3. The van der Waals surface area contributed by atoms with Gasteiger partial charge in [-0.1, -0.05) is 0 Å². The summed E-state index contributed by atoms with van der Waals surface area (Å²) in [6.45, 7) is 2.06. The predicted octanol–water partition coefficient (Wildman–Crippen LogP) is 0.909. The Morgan fingerprint density at radius 2 is 2.27 bits per heavy atom. The van der Waals surface area contributed by atoms with Gasteiger partial charge in [-0.15, -0.1) is 0 Å². The fourth-order valence-corrected chi connectivity index (χ4v) is 3.01. The van der Waals surface area contributed by atoms with E-state index in [0.29, 0.717) is 13.2 Å². The first kappa shape index (κ1) is 14.6. The molecule has 1 fully saturated rings. The third-order valence-electron chi connectivity index (χ3n) is 4.21. The van der Waals surface area contributed by atoms with Gasteiger partial charge in [-0.3, -0.25) is 14.7 Å². The maximum atomic E-state index is 12.5. The second kappa shape index (κ2) is 6.21. The van der Waals surface area contributed by atoms with Crippen molar-refractivity contribution in [3.63, 3.8) is 0 Å². The second-order valence-electron chi connectivity index (χ2n) is 5.78. The number of nitrogens with one attached hydrogen (secondary N) is 1. The number of nitrogens with zero attached hydrogens (tertiary/aromatic N) is 2. The van der Waals surface area contributed by atoms with E-state index in [9.17, 15) is 9.59 Å². The van der Waals surface area contributed by atoms with Crippen molar-refractivity contribution in [1.82, 2.24) is 15.1 Å². The number of likely N-dealkylation sites (tertiary alicyclic amines) is 1. The standard InChI is InChI=1S/C15H20N4O3/c16-14(20)13-7-12(17-18-13)10-3-1-5-19(8-10)15(21)11-4-2-6-22-9-11/h7,9-10H,1-6,8H2,(H2,16,20)(H,17,18)/t10-/m0/s1. The Morgan fingerprint density at radius 3 is 2.95 bits per heavy atom. The second-order valence-corrected chi connectivity index (χ2v) is 5.78. The minimum atomic E-state index is -0.546. The van der Waals surface area contributed by atoms with E-state index in [1.807, 2.05) is 4.90 Å². The van der Waals surface area contributed by atoms with Crippen molar-refractivity contribution in [3.05, 3.63) is 29.3 Å². The van der Waals surface area contributed by atoms with Gasteiger partial charge in [0, 0.05) is 24.7 Å². The number of nitrogens with two attached hydrogens (primary N) is 1. The number of carbonyl (C=O) groups is 2. The molecule has 0 unspecified atom stereocenters. The number of primary amides is 1. The fourth-order valence-electron chi connectivity index (χ4n) is 3.01. The van der Waals surface area contributed by atoms with Crippen molar-refractivity contribution in [2.75, 3.05) is 19.7 Å². The molecule has 3 N–H and O–H groups in total. The van der Waals surface area contributed by atoms with Crippen LogP contribution in [0.15, 0.2) is 17.9 Å². The third kappa shape index (κ3) is 2.98. The number of ether oxygens (including phenoxy) is 1. The lowest BCUT2D eigenvalue weighted by atomic mass is 9.94. The number of carbonyl (C=O) groups excluding carboxylic acids is 2. The summed E-state index contributed by atoms with van der Waals surface area (Å²) in [5.41, 5.74) is 7.07. The van der Waals surface area contributed by atoms with Gasteiger partial charge >= 0.3 is 0 Å². The quantitative estimate of drug-likeness (QED) is 0.866. The van der Waals surface area contributed by atoms with E-state index in [1.54, 1.807) is 12.3 Å². The monoisotopic (exact) mass is 304 g/mol. The van der Waals surface area contributed by atoms with Crippen LogP contribution < -0.4 is 5.73 Å². The Balaban J connectivity index is 1.69. The van der Waals surface area contributed by atoms with Crippen molar-refractivity contribution in [1.29, 1.82) is 0 Å². The van der Waals surface area contributed by atoms with Gasteiger partial charge in [0.2, 0.25) is 0 Å². The molecule has 1 saturated heterocycles. The first-order valence-corrected chi connectivity index (χ1v) is 7.60. The van der Waals surface area contributed by atoms with E-state index in [4.69, 9.17) is 10.5 Å². The Kier molecular flexibility index (Phi) is 4.13. The van der Waals surface area contributed by atoms with E-state index in [2.05, 4.69) is 10.2 Å². The smallest absolute Gasteiger partial charge is 0.269 e. The molecule has 2 aliphatic heterocycles. The number of piperidine rings is 1. The van der Waals surface area contributed by atoms with Gasteiger partial charge in [0.05, 0.1) is 18.4 Å². The van der Waals surface area contributed by atoms with E-state index in [0.717, 1.165) is 43.5 Å². The maximum Gasteiger partial charge on any atom is 0.269 e. The fraction of sp³-hybridized carbons (Fsp3) is 0.533. The Hall–Kier alpha value is -2.31. The highest BCUT2D eigenvalue weighted by Crippen LogP contribution is 2.27. The van der Waals surface area contributed by atoms with E-state index < -0.39 is 5.91 Å². The average Bonchev–Trinajstić information content (AvgIpc) is 3.05. The van der Waals surface area contributed by atoms with Crippen LogP contribution in [-0.2, 0) is 9.53 Å². The van der Waals surface area contributed by atoms with Crippen molar-refractivity contribution >= 4 is 11.8 Å². The van der Waals surface area contributed by atoms with Gasteiger partial charge < -0.3 is 15.4 Å². The van der Waals surface area contributed by atoms with Crippen LogP contribution in [0, 0.1) is 0 Å². The van der Waals surface area contributed by atoms with Gasteiger partial charge in [0.1, 0.15) is 5.69 Å². The third-order valence-corrected chi connectivity index (χ3v) is 4.21. The highest BCUT2D eigenvalue weighted by atomic mass is 16.5. The summed E-state index contributed by atoms with van der Waals surface area (Å²) in [6, 6.07) is 1.68. The molecule has 7 heteroatoms. The van der Waals surface area contributed by atoms with Crippen LogP contribution in [0.2, 0.25) is 0 Å². The van der Waals surface area contributed by atoms with Gasteiger partial charge in [-0.2, -0.15) is 5.10 Å². The Morgan fingerprint density at radius 1 is 1.41 bits per heavy atom. The van der Waals surface area contributed by atoms with Crippen molar-refractivity contribution in [3.8, 4) is 0 Å². The molecule has 2 amide bonds. The first-order chi connectivity index (χ1) is 10.6. The van der Waals surface area contributed by atoms with Crippen LogP contribution >= 0.6 is 0 Å². The van der Waals surface area contributed by atoms with Crippen LogP contribution in [0.5, 0.6) is 0 Å². The van der Waals surface area contributed by atoms with Crippen LogP contribution in [0.4, 0.5) is 0 Å². The van der Waals surface area contributed by atoms with Crippen molar-refractivity contribution in [2.24, 2.45) is 5.73 Å². The minimum Gasteiger partial charge on any atom is -0.501 e. The summed E-state index contributed by atoms with van der Waals surface area (Å²) in [5.74, 6) is -0.335. The van der Waals surface area contributed by atoms with Gasteiger partial charge in [0.15, 0.2) is 0 Å². The zero-order valence-corrected chi connectivity index (χ0v) is 12.4. The largest absolute Gasteiger partial charge is 0.501 e. The molecule has 0 bridgehead atoms. The molecule has 1 aromatic heterocycles.